The third kappa shape index (κ3) is 2.92. The summed E-state index contributed by atoms with van der Waals surface area (Å²) in [6.45, 7) is 4.36. The standard InChI is InChI=1S/C17H21N/c1-3-4-17(14-7-5-13(2)6-8-14)15-9-11-16(18)12-10-15/h5-12,17H,3-4,18H2,1-2H3. The van der Waals surface area contributed by atoms with E-state index in [0.717, 1.165) is 5.69 Å². The number of hydrogen-bond donors (Lipinski definition) is 1. The van der Waals surface area contributed by atoms with E-state index in [0.29, 0.717) is 5.92 Å². The van der Waals surface area contributed by atoms with Crippen LogP contribution in [0.5, 0.6) is 0 Å². The molecule has 0 saturated carbocycles. The van der Waals surface area contributed by atoms with Gasteiger partial charge < -0.3 is 5.73 Å². The molecule has 2 rings (SSSR count). The summed E-state index contributed by atoms with van der Waals surface area (Å²) in [7, 11) is 0. The number of aryl methyl sites for hydroxylation is 1. The van der Waals surface area contributed by atoms with Crippen LogP contribution >= 0.6 is 0 Å². The molecular formula is C17H21N. The molecule has 0 fully saturated rings. The van der Waals surface area contributed by atoms with Crippen LogP contribution in [-0.2, 0) is 0 Å². The molecule has 0 aliphatic carbocycles. The third-order valence-corrected chi connectivity index (χ3v) is 3.40. The van der Waals surface area contributed by atoms with Crippen LogP contribution in [0.15, 0.2) is 48.5 Å². The number of hydrogen-bond acceptors (Lipinski definition) is 1. The first kappa shape index (κ1) is 12.7. The summed E-state index contributed by atoms with van der Waals surface area (Å²) in [5, 5.41) is 0. The Bertz CT molecular complexity index is 437. The predicted octanol–water partition coefficient (Wildman–Crippen LogP) is 4.51. The molecule has 0 saturated heterocycles. The van der Waals surface area contributed by atoms with Gasteiger partial charge in [0.1, 0.15) is 0 Å². The lowest BCUT2D eigenvalue weighted by molar-refractivity contribution is 0.698. The average molecular weight is 239 g/mol. The highest BCUT2D eigenvalue weighted by Crippen LogP contribution is 2.29. The SMILES string of the molecule is CCCC(c1ccc(C)cc1)c1ccc(N)cc1. The van der Waals surface area contributed by atoms with Crippen LogP contribution in [0.2, 0.25) is 0 Å². The van der Waals surface area contributed by atoms with Gasteiger partial charge in [0.15, 0.2) is 0 Å². The Kier molecular flexibility index (Phi) is 4.03. The van der Waals surface area contributed by atoms with Crippen LogP contribution in [0.3, 0.4) is 0 Å². The first-order valence-corrected chi connectivity index (χ1v) is 6.62. The Morgan fingerprint density at radius 3 is 1.89 bits per heavy atom. The molecule has 0 aliphatic rings. The largest absolute Gasteiger partial charge is 0.399 e. The Morgan fingerprint density at radius 1 is 0.889 bits per heavy atom. The van der Waals surface area contributed by atoms with Crippen molar-refractivity contribution in [3.8, 4) is 0 Å². The average Bonchev–Trinajstić information content (AvgIpc) is 2.39. The van der Waals surface area contributed by atoms with Crippen molar-refractivity contribution in [2.24, 2.45) is 0 Å². The predicted molar refractivity (Wildman–Crippen MR) is 78.8 cm³/mol. The summed E-state index contributed by atoms with van der Waals surface area (Å²) in [4.78, 5) is 0. The summed E-state index contributed by atoms with van der Waals surface area (Å²) in [5.74, 6) is 0.483. The van der Waals surface area contributed by atoms with Crippen molar-refractivity contribution in [2.75, 3.05) is 5.73 Å². The van der Waals surface area contributed by atoms with Gasteiger partial charge in [-0.2, -0.15) is 0 Å². The highest BCUT2D eigenvalue weighted by Gasteiger charge is 2.12. The summed E-state index contributed by atoms with van der Waals surface area (Å²) in [6.07, 6.45) is 2.36. The molecule has 1 atom stereocenters. The number of nitrogen functional groups attached to an aromatic ring is 1. The van der Waals surface area contributed by atoms with Gasteiger partial charge in [-0.1, -0.05) is 55.3 Å². The fourth-order valence-electron chi connectivity index (χ4n) is 2.34. The Hall–Kier alpha value is -1.76. The Morgan fingerprint density at radius 2 is 1.39 bits per heavy atom. The molecule has 0 heterocycles. The molecule has 18 heavy (non-hydrogen) atoms. The van der Waals surface area contributed by atoms with Crippen LogP contribution in [0, 0.1) is 6.92 Å². The van der Waals surface area contributed by atoms with E-state index in [4.69, 9.17) is 5.73 Å². The smallest absolute Gasteiger partial charge is 0.0314 e. The van der Waals surface area contributed by atoms with Crippen molar-refractivity contribution in [3.05, 3.63) is 65.2 Å². The van der Waals surface area contributed by atoms with Gasteiger partial charge >= 0.3 is 0 Å². The lowest BCUT2D eigenvalue weighted by Crippen LogP contribution is -2.01. The second-order valence-electron chi connectivity index (χ2n) is 4.92. The maximum atomic E-state index is 5.76. The van der Waals surface area contributed by atoms with Gasteiger partial charge in [0.05, 0.1) is 0 Å². The van der Waals surface area contributed by atoms with E-state index in [2.05, 4.69) is 50.2 Å². The Balaban J connectivity index is 2.33. The minimum absolute atomic E-state index is 0.483. The van der Waals surface area contributed by atoms with E-state index in [1.165, 1.54) is 29.5 Å². The molecule has 1 unspecified atom stereocenters. The second-order valence-corrected chi connectivity index (χ2v) is 4.92. The molecule has 2 N–H and O–H groups in total. The number of benzene rings is 2. The first-order chi connectivity index (χ1) is 8.70. The molecule has 1 heteroatoms. The monoisotopic (exact) mass is 239 g/mol. The van der Waals surface area contributed by atoms with E-state index < -0.39 is 0 Å². The van der Waals surface area contributed by atoms with Crippen molar-refractivity contribution in [1.29, 1.82) is 0 Å². The van der Waals surface area contributed by atoms with Crippen LogP contribution in [-0.4, -0.2) is 0 Å². The number of nitrogens with two attached hydrogens (primary N) is 1. The maximum absolute atomic E-state index is 5.76. The van der Waals surface area contributed by atoms with Crippen molar-refractivity contribution in [1.82, 2.24) is 0 Å². The molecule has 1 nitrogen and oxygen atoms in total. The highest BCUT2D eigenvalue weighted by molar-refractivity contribution is 5.43. The molecule has 0 amide bonds. The number of anilines is 1. The van der Waals surface area contributed by atoms with Gasteiger partial charge in [-0.25, -0.2) is 0 Å². The maximum Gasteiger partial charge on any atom is 0.0314 e. The fraction of sp³-hybridized carbons (Fsp3) is 0.294. The molecule has 0 bridgehead atoms. The van der Waals surface area contributed by atoms with Gasteiger partial charge in [0.2, 0.25) is 0 Å². The van der Waals surface area contributed by atoms with Crippen LogP contribution in [0.1, 0.15) is 42.4 Å². The normalized spacial score (nSPS) is 12.3. The van der Waals surface area contributed by atoms with Gasteiger partial charge in [0.25, 0.3) is 0 Å². The van der Waals surface area contributed by atoms with Gasteiger partial charge in [-0.15, -0.1) is 0 Å². The van der Waals surface area contributed by atoms with E-state index in [-0.39, 0.29) is 0 Å². The van der Waals surface area contributed by atoms with E-state index in [1.807, 2.05) is 12.1 Å². The molecule has 0 spiro atoms. The topological polar surface area (TPSA) is 26.0 Å². The second kappa shape index (κ2) is 5.72. The minimum atomic E-state index is 0.483. The third-order valence-electron chi connectivity index (χ3n) is 3.40. The van der Waals surface area contributed by atoms with Crippen molar-refractivity contribution < 1.29 is 0 Å². The van der Waals surface area contributed by atoms with E-state index >= 15 is 0 Å². The molecule has 0 aliphatic heterocycles. The van der Waals surface area contributed by atoms with Crippen LogP contribution in [0.4, 0.5) is 5.69 Å². The van der Waals surface area contributed by atoms with Gasteiger partial charge in [0, 0.05) is 11.6 Å². The zero-order valence-corrected chi connectivity index (χ0v) is 11.2. The van der Waals surface area contributed by atoms with Gasteiger partial charge in [-0.05, 0) is 36.6 Å². The quantitative estimate of drug-likeness (QED) is 0.780. The lowest BCUT2D eigenvalue weighted by Gasteiger charge is -2.17. The molecule has 94 valence electrons. The lowest BCUT2D eigenvalue weighted by atomic mass is 9.87. The Labute approximate surface area is 110 Å². The first-order valence-electron chi connectivity index (χ1n) is 6.62. The zero-order chi connectivity index (χ0) is 13.0. The molecule has 2 aromatic rings. The van der Waals surface area contributed by atoms with E-state index in [1.54, 1.807) is 0 Å². The summed E-state index contributed by atoms with van der Waals surface area (Å²) in [6, 6.07) is 17.1. The minimum Gasteiger partial charge on any atom is -0.399 e. The van der Waals surface area contributed by atoms with Gasteiger partial charge in [-0.3, -0.25) is 0 Å². The molecule has 2 aromatic carbocycles. The molecule has 0 radical (unpaired) electrons. The molecular weight excluding hydrogens is 218 g/mol. The zero-order valence-electron chi connectivity index (χ0n) is 11.2. The fourth-order valence-corrected chi connectivity index (χ4v) is 2.34. The molecule has 0 aromatic heterocycles. The highest BCUT2D eigenvalue weighted by atomic mass is 14.5. The van der Waals surface area contributed by atoms with Crippen molar-refractivity contribution in [2.45, 2.75) is 32.6 Å². The van der Waals surface area contributed by atoms with Crippen molar-refractivity contribution in [3.63, 3.8) is 0 Å². The van der Waals surface area contributed by atoms with Crippen molar-refractivity contribution >= 4 is 5.69 Å². The summed E-state index contributed by atoms with van der Waals surface area (Å²) in [5.41, 5.74) is 10.7. The summed E-state index contributed by atoms with van der Waals surface area (Å²) < 4.78 is 0. The number of rotatable bonds is 4. The summed E-state index contributed by atoms with van der Waals surface area (Å²) >= 11 is 0. The van der Waals surface area contributed by atoms with Crippen LogP contribution in [0.25, 0.3) is 0 Å². The van der Waals surface area contributed by atoms with Crippen LogP contribution < -0.4 is 5.73 Å². The van der Waals surface area contributed by atoms with E-state index in [9.17, 15) is 0 Å².